The third-order valence-corrected chi connectivity index (χ3v) is 2.14. The van der Waals surface area contributed by atoms with Crippen LogP contribution in [0, 0.1) is 11.3 Å². The second-order valence-electron chi connectivity index (χ2n) is 3.40. The van der Waals surface area contributed by atoms with E-state index in [9.17, 15) is 26.7 Å². The maximum Gasteiger partial charge on any atom is 0.434 e. The number of hydrogen-bond donors (Lipinski definition) is 1. The van der Waals surface area contributed by atoms with Crippen LogP contribution in [0.5, 0.6) is 0 Å². The minimum absolute atomic E-state index is 0.402. The molecule has 0 aliphatic rings. The molecule has 0 atom stereocenters. The molecule has 0 fully saturated rings. The summed E-state index contributed by atoms with van der Waals surface area (Å²) in [5.74, 6) is -1.52. The summed E-state index contributed by atoms with van der Waals surface area (Å²) in [6, 6.07) is 1.01. The molecule has 0 saturated carbocycles. The Morgan fingerprint density at radius 1 is 1.47 bits per heavy atom. The molecule has 0 aliphatic carbocycles. The normalized spacial score (nSPS) is 11.4. The lowest BCUT2D eigenvalue weighted by Crippen LogP contribution is -2.16. The van der Waals surface area contributed by atoms with Crippen molar-refractivity contribution in [3.8, 4) is 6.07 Å². The zero-order valence-corrected chi connectivity index (χ0v) is 9.00. The maximum atomic E-state index is 12.8. The van der Waals surface area contributed by atoms with Gasteiger partial charge in [-0.2, -0.15) is 18.4 Å². The third-order valence-electron chi connectivity index (χ3n) is 2.14. The molecular formula is C10H5F5N2O2. The van der Waals surface area contributed by atoms with E-state index in [1.807, 2.05) is 0 Å². The first-order chi connectivity index (χ1) is 8.68. The van der Waals surface area contributed by atoms with Gasteiger partial charge in [-0.3, -0.25) is 9.78 Å². The van der Waals surface area contributed by atoms with Crippen LogP contribution in [0.3, 0.4) is 0 Å². The molecule has 102 valence electrons. The van der Waals surface area contributed by atoms with Crippen molar-refractivity contribution < 1.29 is 31.9 Å². The summed E-state index contributed by atoms with van der Waals surface area (Å²) in [5.41, 5.74) is -4.96. The van der Waals surface area contributed by atoms with Gasteiger partial charge in [-0.1, -0.05) is 0 Å². The van der Waals surface area contributed by atoms with Gasteiger partial charge in [-0.25, -0.2) is 8.78 Å². The van der Waals surface area contributed by atoms with Crippen LogP contribution in [0.1, 0.15) is 28.8 Å². The van der Waals surface area contributed by atoms with E-state index in [4.69, 9.17) is 10.4 Å². The van der Waals surface area contributed by atoms with Crippen molar-refractivity contribution in [1.82, 2.24) is 4.98 Å². The number of carboxylic acids is 1. The maximum absolute atomic E-state index is 12.8. The molecule has 1 aromatic rings. The summed E-state index contributed by atoms with van der Waals surface area (Å²) in [7, 11) is 0. The Balaban J connectivity index is 3.58. The van der Waals surface area contributed by atoms with Gasteiger partial charge in [0.05, 0.1) is 12.0 Å². The van der Waals surface area contributed by atoms with Gasteiger partial charge >= 0.3 is 12.1 Å². The van der Waals surface area contributed by atoms with E-state index in [2.05, 4.69) is 4.98 Å². The van der Waals surface area contributed by atoms with E-state index in [1.165, 1.54) is 0 Å². The number of nitrogens with zero attached hydrogens (tertiary/aromatic N) is 2. The average molecular weight is 280 g/mol. The number of rotatable bonds is 3. The van der Waals surface area contributed by atoms with Crippen molar-refractivity contribution in [3.05, 3.63) is 28.6 Å². The molecule has 0 bridgehead atoms. The number of carboxylic acid groups (broad SMARTS) is 1. The van der Waals surface area contributed by atoms with Crippen LogP contribution in [0.15, 0.2) is 6.20 Å². The molecule has 1 heterocycles. The molecule has 0 unspecified atom stereocenters. The number of aromatic nitrogens is 1. The molecule has 0 saturated heterocycles. The van der Waals surface area contributed by atoms with Crippen LogP contribution in [0.2, 0.25) is 0 Å². The van der Waals surface area contributed by atoms with E-state index >= 15 is 0 Å². The fraction of sp³-hybridized carbons (Fsp3) is 0.300. The number of carbonyl (C=O) groups is 1. The number of aliphatic carboxylic acids is 1. The summed E-state index contributed by atoms with van der Waals surface area (Å²) in [5, 5.41) is 17.1. The Morgan fingerprint density at radius 3 is 2.42 bits per heavy atom. The van der Waals surface area contributed by atoms with E-state index in [0.29, 0.717) is 6.20 Å². The number of hydrogen-bond acceptors (Lipinski definition) is 3. The predicted octanol–water partition coefficient (Wildman–Crippen LogP) is 2.54. The Kier molecular flexibility index (Phi) is 4.04. The first-order valence-corrected chi connectivity index (χ1v) is 4.67. The smallest absolute Gasteiger partial charge is 0.434 e. The molecule has 0 aromatic carbocycles. The minimum atomic E-state index is -5.07. The van der Waals surface area contributed by atoms with Gasteiger partial charge in [0.2, 0.25) is 0 Å². The van der Waals surface area contributed by atoms with Crippen molar-refractivity contribution in [1.29, 1.82) is 5.26 Å². The lowest BCUT2D eigenvalue weighted by Gasteiger charge is -2.14. The van der Waals surface area contributed by atoms with Crippen molar-refractivity contribution in [3.63, 3.8) is 0 Å². The summed E-state index contributed by atoms with van der Waals surface area (Å²) < 4.78 is 63.0. The number of nitriles is 1. The summed E-state index contributed by atoms with van der Waals surface area (Å²) in [6.07, 6.45) is -9.03. The predicted molar refractivity (Wildman–Crippen MR) is 50.3 cm³/mol. The lowest BCUT2D eigenvalue weighted by molar-refractivity contribution is -0.141. The quantitative estimate of drug-likeness (QED) is 0.863. The van der Waals surface area contributed by atoms with E-state index in [-0.39, 0.29) is 0 Å². The standard InChI is InChI=1S/C10H5F5N2O2/c11-9(12)7-4(1-6(18)19)3-17-8(5(7)2-16)10(13,14)15/h3,9H,1H2,(H,18,19). The molecule has 4 nitrogen and oxygen atoms in total. The molecule has 19 heavy (non-hydrogen) atoms. The molecule has 9 heteroatoms. The van der Waals surface area contributed by atoms with E-state index < -0.39 is 47.4 Å². The van der Waals surface area contributed by atoms with Gasteiger partial charge in [-0.15, -0.1) is 0 Å². The summed E-state index contributed by atoms with van der Waals surface area (Å²) >= 11 is 0. The third kappa shape index (κ3) is 3.15. The van der Waals surface area contributed by atoms with Crippen LogP contribution >= 0.6 is 0 Å². The largest absolute Gasteiger partial charge is 0.481 e. The molecule has 0 radical (unpaired) electrons. The van der Waals surface area contributed by atoms with Crippen molar-refractivity contribution in [2.24, 2.45) is 0 Å². The number of halogens is 5. The van der Waals surface area contributed by atoms with Gasteiger partial charge in [0.25, 0.3) is 6.43 Å². The van der Waals surface area contributed by atoms with Crippen LogP contribution in [-0.4, -0.2) is 16.1 Å². The van der Waals surface area contributed by atoms with E-state index in [1.54, 1.807) is 0 Å². The van der Waals surface area contributed by atoms with Crippen molar-refractivity contribution >= 4 is 5.97 Å². The zero-order chi connectivity index (χ0) is 14.8. The van der Waals surface area contributed by atoms with Crippen molar-refractivity contribution in [2.75, 3.05) is 0 Å². The second-order valence-corrected chi connectivity index (χ2v) is 3.40. The van der Waals surface area contributed by atoms with Gasteiger partial charge in [0.1, 0.15) is 6.07 Å². The van der Waals surface area contributed by atoms with Crippen molar-refractivity contribution in [2.45, 2.75) is 19.0 Å². The SMILES string of the molecule is N#Cc1c(C(F)(F)F)ncc(CC(=O)O)c1C(F)F. The Morgan fingerprint density at radius 2 is 2.05 bits per heavy atom. The highest BCUT2D eigenvalue weighted by atomic mass is 19.4. The lowest BCUT2D eigenvalue weighted by atomic mass is 10.00. The topological polar surface area (TPSA) is 74.0 Å². The summed E-state index contributed by atoms with van der Waals surface area (Å²) in [6.45, 7) is 0. The van der Waals surface area contributed by atoms with Gasteiger partial charge in [-0.05, 0) is 5.56 Å². The minimum Gasteiger partial charge on any atom is -0.481 e. The Bertz CT molecular complexity index is 548. The number of alkyl halides is 5. The van der Waals surface area contributed by atoms with Crippen LogP contribution in [-0.2, 0) is 17.4 Å². The molecule has 1 aromatic heterocycles. The van der Waals surface area contributed by atoms with E-state index in [0.717, 1.165) is 6.07 Å². The number of pyridine rings is 1. The average Bonchev–Trinajstić information content (AvgIpc) is 2.25. The molecule has 1 rings (SSSR count). The fourth-order valence-corrected chi connectivity index (χ4v) is 1.45. The highest BCUT2D eigenvalue weighted by Crippen LogP contribution is 2.36. The highest BCUT2D eigenvalue weighted by Gasteiger charge is 2.38. The molecule has 0 spiro atoms. The Hall–Kier alpha value is -2.24. The first kappa shape index (κ1) is 14.8. The van der Waals surface area contributed by atoms with Gasteiger partial charge in [0.15, 0.2) is 5.69 Å². The molecule has 1 N–H and O–H groups in total. The first-order valence-electron chi connectivity index (χ1n) is 4.67. The van der Waals surface area contributed by atoms with Crippen LogP contribution in [0.25, 0.3) is 0 Å². The van der Waals surface area contributed by atoms with Crippen LogP contribution in [0.4, 0.5) is 22.0 Å². The van der Waals surface area contributed by atoms with Crippen LogP contribution < -0.4 is 0 Å². The Labute approximate surface area is 103 Å². The van der Waals surface area contributed by atoms with Gasteiger partial charge < -0.3 is 5.11 Å². The monoisotopic (exact) mass is 280 g/mol. The highest BCUT2D eigenvalue weighted by molar-refractivity contribution is 5.71. The van der Waals surface area contributed by atoms with Gasteiger partial charge in [0, 0.05) is 11.8 Å². The fourth-order valence-electron chi connectivity index (χ4n) is 1.45. The summed E-state index contributed by atoms with van der Waals surface area (Å²) in [4.78, 5) is 13.3. The molecular weight excluding hydrogens is 275 g/mol. The molecule has 0 aliphatic heterocycles. The zero-order valence-electron chi connectivity index (χ0n) is 9.00. The molecule has 0 amide bonds. The second kappa shape index (κ2) is 5.17.